The zero-order valence-corrected chi connectivity index (χ0v) is 10.9. The second-order valence-corrected chi connectivity index (χ2v) is 4.53. The van der Waals surface area contributed by atoms with E-state index in [9.17, 15) is 0 Å². The van der Waals surface area contributed by atoms with Crippen LogP contribution in [0, 0.1) is 0 Å². The summed E-state index contributed by atoms with van der Waals surface area (Å²) in [5.41, 5.74) is 2.35. The Morgan fingerprint density at radius 3 is 2.84 bits per heavy atom. The molecule has 0 saturated carbocycles. The first-order valence-electron chi connectivity index (χ1n) is 6.38. The first-order chi connectivity index (χ1) is 9.34. The molecule has 0 aliphatic heterocycles. The van der Waals surface area contributed by atoms with Crippen molar-refractivity contribution in [2.45, 2.75) is 6.42 Å². The maximum atomic E-state index is 4.47. The first kappa shape index (κ1) is 11.7. The number of hydrogen-bond donors (Lipinski definition) is 1. The summed E-state index contributed by atoms with van der Waals surface area (Å²) in [5, 5.41) is 4.52. The molecule has 0 bridgehead atoms. The molecular weight excluding hydrogens is 236 g/mol. The second kappa shape index (κ2) is 5.10. The smallest absolute Gasteiger partial charge is 0.202 e. The Balaban J connectivity index is 1.74. The van der Waals surface area contributed by atoms with Crippen molar-refractivity contribution in [2.24, 2.45) is 7.05 Å². The molecule has 4 nitrogen and oxygen atoms in total. The highest BCUT2D eigenvalue weighted by atomic mass is 15.2. The van der Waals surface area contributed by atoms with Crippen LogP contribution >= 0.6 is 0 Å². The van der Waals surface area contributed by atoms with Crippen LogP contribution in [0.4, 0.5) is 5.95 Å². The number of fused-ring (bicyclic) bond motifs is 1. The lowest BCUT2D eigenvalue weighted by Crippen LogP contribution is -2.09. The van der Waals surface area contributed by atoms with Gasteiger partial charge in [-0.05, 0) is 18.1 Å². The summed E-state index contributed by atoms with van der Waals surface area (Å²) in [7, 11) is 1.98. The number of aryl methyl sites for hydroxylation is 1. The molecule has 1 N–H and O–H groups in total. The van der Waals surface area contributed by atoms with Crippen LogP contribution in [0.1, 0.15) is 5.56 Å². The normalized spacial score (nSPS) is 10.8. The lowest BCUT2D eigenvalue weighted by Gasteiger charge is -2.08. The number of nitrogens with one attached hydrogen (secondary N) is 1. The number of anilines is 1. The van der Waals surface area contributed by atoms with Crippen molar-refractivity contribution >= 4 is 16.9 Å². The van der Waals surface area contributed by atoms with E-state index in [-0.39, 0.29) is 0 Å². The molecule has 19 heavy (non-hydrogen) atoms. The summed E-state index contributed by atoms with van der Waals surface area (Å²) in [6.07, 6.45) is 6.50. The van der Waals surface area contributed by atoms with Gasteiger partial charge in [0, 0.05) is 37.6 Å². The van der Waals surface area contributed by atoms with Gasteiger partial charge in [-0.3, -0.25) is 4.98 Å². The van der Waals surface area contributed by atoms with Gasteiger partial charge in [0.15, 0.2) is 0 Å². The average molecular weight is 252 g/mol. The van der Waals surface area contributed by atoms with Crippen LogP contribution in [0.2, 0.25) is 0 Å². The molecule has 2 aromatic heterocycles. The molecule has 2 heterocycles. The van der Waals surface area contributed by atoms with Crippen molar-refractivity contribution in [1.29, 1.82) is 0 Å². The molecule has 0 unspecified atom stereocenters. The van der Waals surface area contributed by atoms with Crippen LogP contribution in [0.15, 0.2) is 48.9 Å². The van der Waals surface area contributed by atoms with Crippen LogP contribution in [-0.2, 0) is 13.5 Å². The van der Waals surface area contributed by atoms with E-state index in [0.717, 1.165) is 24.4 Å². The largest absolute Gasteiger partial charge is 0.355 e. The monoisotopic (exact) mass is 252 g/mol. The van der Waals surface area contributed by atoms with E-state index in [1.807, 2.05) is 30.1 Å². The third-order valence-corrected chi connectivity index (χ3v) is 3.21. The topological polar surface area (TPSA) is 42.7 Å². The second-order valence-electron chi connectivity index (χ2n) is 4.53. The van der Waals surface area contributed by atoms with Gasteiger partial charge in [0.05, 0.1) is 5.52 Å². The molecule has 4 heteroatoms. The molecule has 0 aliphatic rings. The number of nitrogens with zero attached hydrogens (tertiary/aromatic N) is 3. The fourth-order valence-electron chi connectivity index (χ4n) is 2.21. The van der Waals surface area contributed by atoms with E-state index in [4.69, 9.17) is 0 Å². The molecule has 0 spiro atoms. The fourth-order valence-corrected chi connectivity index (χ4v) is 2.21. The maximum Gasteiger partial charge on any atom is 0.202 e. The molecule has 0 aliphatic carbocycles. The lowest BCUT2D eigenvalue weighted by molar-refractivity contribution is 0.890. The van der Waals surface area contributed by atoms with Gasteiger partial charge < -0.3 is 9.88 Å². The minimum absolute atomic E-state index is 0.848. The van der Waals surface area contributed by atoms with Gasteiger partial charge in [0.2, 0.25) is 5.95 Å². The molecule has 3 rings (SSSR count). The van der Waals surface area contributed by atoms with Crippen LogP contribution in [0.3, 0.4) is 0 Å². The highest BCUT2D eigenvalue weighted by Crippen LogP contribution is 2.16. The van der Waals surface area contributed by atoms with Crippen LogP contribution < -0.4 is 5.32 Å². The van der Waals surface area contributed by atoms with Crippen LogP contribution in [0.5, 0.6) is 0 Å². The standard InChI is InChI=1S/C15H16N4/c1-19-11-10-18-15(19)17-9-7-13-5-2-4-12-6-3-8-16-14(12)13/h2-6,8,10-11H,7,9H2,1H3,(H,17,18). The van der Waals surface area contributed by atoms with Gasteiger partial charge in [0.1, 0.15) is 0 Å². The van der Waals surface area contributed by atoms with E-state index in [2.05, 4.69) is 39.6 Å². The minimum Gasteiger partial charge on any atom is -0.355 e. The highest BCUT2D eigenvalue weighted by molar-refractivity contribution is 5.81. The minimum atomic E-state index is 0.848. The van der Waals surface area contributed by atoms with E-state index in [0.29, 0.717) is 0 Å². The Morgan fingerprint density at radius 1 is 1.11 bits per heavy atom. The quantitative estimate of drug-likeness (QED) is 0.776. The number of benzene rings is 1. The van der Waals surface area contributed by atoms with E-state index >= 15 is 0 Å². The van der Waals surface area contributed by atoms with Crippen molar-refractivity contribution in [2.75, 3.05) is 11.9 Å². The molecule has 96 valence electrons. The summed E-state index contributed by atoms with van der Waals surface area (Å²) in [6.45, 7) is 0.848. The van der Waals surface area contributed by atoms with E-state index < -0.39 is 0 Å². The Morgan fingerprint density at radius 2 is 2.00 bits per heavy atom. The molecule has 0 amide bonds. The van der Waals surface area contributed by atoms with Gasteiger partial charge in [-0.2, -0.15) is 0 Å². The zero-order valence-electron chi connectivity index (χ0n) is 10.9. The summed E-state index contributed by atoms with van der Waals surface area (Å²) < 4.78 is 1.97. The first-order valence-corrected chi connectivity index (χ1v) is 6.38. The molecule has 1 aromatic carbocycles. The molecule has 3 aromatic rings. The zero-order chi connectivity index (χ0) is 13.1. The van der Waals surface area contributed by atoms with Crippen molar-refractivity contribution in [3.05, 3.63) is 54.5 Å². The number of pyridine rings is 1. The summed E-state index contributed by atoms with van der Waals surface area (Å²) in [5.74, 6) is 0.896. The predicted molar refractivity (Wildman–Crippen MR) is 77.1 cm³/mol. The van der Waals surface area contributed by atoms with Gasteiger partial charge in [0.25, 0.3) is 0 Å². The van der Waals surface area contributed by atoms with Gasteiger partial charge in [-0.1, -0.05) is 24.3 Å². The Hall–Kier alpha value is -2.36. The Labute approximate surface area is 112 Å². The van der Waals surface area contributed by atoms with E-state index in [1.54, 1.807) is 6.20 Å². The van der Waals surface area contributed by atoms with Crippen LogP contribution in [0.25, 0.3) is 10.9 Å². The maximum absolute atomic E-state index is 4.47. The van der Waals surface area contributed by atoms with Gasteiger partial charge >= 0.3 is 0 Å². The average Bonchev–Trinajstić information content (AvgIpc) is 2.85. The number of para-hydroxylation sites is 1. The number of rotatable bonds is 4. The predicted octanol–water partition coefficient (Wildman–Crippen LogP) is 2.62. The lowest BCUT2D eigenvalue weighted by atomic mass is 10.1. The molecule has 0 fully saturated rings. The summed E-state index contributed by atoms with van der Waals surface area (Å²) in [4.78, 5) is 8.71. The van der Waals surface area contributed by atoms with Crippen LogP contribution in [-0.4, -0.2) is 21.1 Å². The Bertz CT molecular complexity index is 682. The summed E-state index contributed by atoms with van der Waals surface area (Å²) in [6, 6.07) is 10.4. The van der Waals surface area contributed by atoms with E-state index in [1.165, 1.54) is 10.9 Å². The third kappa shape index (κ3) is 2.42. The molecule has 0 radical (unpaired) electrons. The number of hydrogen-bond acceptors (Lipinski definition) is 3. The van der Waals surface area contributed by atoms with Gasteiger partial charge in [-0.25, -0.2) is 4.98 Å². The van der Waals surface area contributed by atoms with Crippen molar-refractivity contribution in [3.8, 4) is 0 Å². The van der Waals surface area contributed by atoms with Crippen molar-refractivity contribution in [1.82, 2.24) is 14.5 Å². The highest BCUT2D eigenvalue weighted by Gasteiger charge is 2.02. The third-order valence-electron chi connectivity index (χ3n) is 3.21. The van der Waals surface area contributed by atoms with Gasteiger partial charge in [-0.15, -0.1) is 0 Å². The molecule has 0 atom stereocenters. The van der Waals surface area contributed by atoms with Crippen molar-refractivity contribution < 1.29 is 0 Å². The Kier molecular flexibility index (Phi) is 3.14. The number of imidazole rings is 1. The fraction of sp³-hybridized carbons (Fsp3) is 0.200. The number of aromatic nitrogens is 3. The SMILES string of the molecule is Cn1ccnc1NCCc1cccc2cccnc12. The molecular formula is C15H16N4. The van der Waals surface area contributed by atoms with Crippen molar-refractivity contribution in [3.63, 3.8) is 0 Å². The summed E-state index contributed by atoms with van der Waals surface area (Å²) >= 11 is 0. The molecule has 0 saturated heterocycles.